The summed E-state index contributed by atoms with van der Waals surface area (Å²) in [6, 6.07) is 10.2. The van der Waals surface area contributed by atoms with E-state index in [1.54, 1.807) is 6.26 Å². The zero-order valence-electron chi connectivity index (χ0n) is 14.0. The molecule has 0 saturated carbocycles. The molecule has 0 aliphatic heterocycles. The van der Waals surface area contributed by atoms with Crippen LogP contribution in [0.3, 0.4) is 0 Å². The highest BCUT2D eigenvalue weighted by Gasteiger charge is 2.13. The first-order valence-electron chi connectivity index (χ1n) is 7.79. The third kappa shape index (κ3) is 3.00. The Kier molecular flexibility index (Phi) is 3.95. The zero-order valence-corrected chi connectivity index (χ0v) is 14.0. The van der Waals surface area contributed by atoms with Crippen LogP contribution in [0.5, 0.6) is 0 Å². The molecule has 118 valence electrons. The van der Waals surface area contributed by atoms with E-state index in [0.717, 1.165) is 38.9 Å². The summed E-state index contributed by atoms with van der Waals surface area (Å²) in [7, 11) is 0. The first-order valence-corrected chi connectivity index (χ1v) is 7.79. The van der Waals surface area contributed by atoms with Crippen LogP contribution in [0, 0.1) is 27.7 Å². The highest BCUT2D eigenvalue weighted by Crippen LogP contribution is 2.27. The van der Waals surface area contributed by atoms with Crippen molar-refractivity contribution in [2.45, 2.75) is 34.1 Å². The Morgan fingerprint density at radius 3 is 2.57 bits per heavy atom. The number of anilines is 1. The van der Waals surface area contributed by atoms with Gasteiger partial charge in [-0.3, -0.25) is 4.79 Å². The van der Waals surface area contributed by atoms with Crippen molar-refractivity contribution in [2.24, 2.45) is 0 Å². The van der Waals surface area contributed by atoms with Gasteiger partial charge in [-0.25, -0.2) is 0 Å². The monoisotopic (exact) mass is 307 g/mol. The van der Waals surface area contributed by atoms with Crippen molar-refractivity contribution in [3.8, 4) is 0 Å². The predicted octanol–water partition coefficient (Wildman–Crippen LogP) is 4.85. The van der Waals surface area contributed by atoms with Gasteiger partial charge < -0.3 is 9.73 Å². The molecule has 3 aromatic rings. The topological polar surface area (TPSA) is 42.2 Å². The molecule has 1 N–H and O–H groups in total. The summed E-state index contributed by atoms with van der Waals surface area (Å²) in [6.45, 7) is 8.11. The van der Waals surface area contributed by atoms with Gasteiger partial charge in [-0.05, 0) is 56.0 Å². The summed E-state index contributed by atoms with van der Waals surface area (Å²) >= 11 is 0. The van der Waals surface area contributed by atoms with E-state index in [-0.39, 0.29) is 5.91 Å². The van der Waals surface area contributed by atoms with Gasteiger partial charge in [0.2, 0.25) is 5.91 Å². The zero-order chi connectivity index (χ0) is 16.6. The van der Waals surface area contributed by atoms with Crippen LogP contribution in [-0.2, 0) is 11.2 Å². The Bertz CT molecular complexity index is 890. The van der Waals surface area contributed by atoms with E-state index in [9.17, 15) is 4.79 Å². The van der Waals surface area contributed by atoms with Gasteiger partial charge in [-0.2, -0.15) is 0 Å². The molecule has 3 nitrogen and oxygen atoms in total. The van der Waals surface area contributed by atoms with Gasteiger partial charge in [0, 0.05) is 16.6 Å². The van der Waals surface area contributed by atoms with Crippen LogP contribution >= 0.6 is 0 Å². The summed E-state index contributed by atoms with van der Waals surface area (Å²) in [6.07, 6.45) is 2.00. The molecular weight excluding hydrogens is 286 g/mol. The highest BCUT2D eigenvalue weighted by molar-refractivity contribution is 5.96. The van der Waals surface area contributed by atoms with E-state index < -0.39 is 0 Å². The molecule has 2 aromatic carbocycles. The minimum absolute atomic E-state index is 0.0281. The molecule has 23 heavy (non-hydrogen) atoms. The lowest BCUT2D eigenvalue weighted by molar-refractivity contribution is -0.115. The van der Waals surface area contributed by atoms with Crippen LogP contribution in [0.4, 0.5) is 5.69 Å². The van der Waals surface area contributed by atoms with Crippen molar-refractivity contribution in [2.75, 3.05) is 5.32 Å². The lowest BCUT2D eigenvalue weighted by atomic mass is 10.0. The van der Waals surface area contributed by atoms with Gasteiger partial charge in [-0.15, -0.1) is 0 Å². The fourth-order valence-corrected chi connectivity index (χ4v) is 2.76. The quantitative estimate of drug-likeness (QED) is 0.751. The number of nitrogens with one attached hydrogen (secondary N) is 1. The number of hydrogen-bond donors (Lipinski definition) is 1. The van der Waals surface area contributed by atoms with Crippen molar-refractivity contribution in [3.05, 3.63) is 64.4 Å². The van der Waals surface area contributed by atoms with Crippen molar-refractivity contribution in [3.63, 3.8) is 0 Å². The Labute approximate surface area is 136 Å². The number of aryl methyl sites for hydroxylation is 4. The normalized spacial score (nSPS) is 11.0. The van der Waals surface area contributed by atoms with Crippen molar-refractivity contribution in [1.82, 2.24) is 0 Å². The molecule has 0 aliphatic carbocycles. The van der Waals surface area contributed by atoms with Crippen LogP contribution in [0.15, 0.2) is 41.0 Å². The predicted molar refractivity (Wildman–Crippen MR) is 93.9 cm³/mol. The average molecular weight is 307 g/mol. The smallest absolute Gasteiger partial charge is 0.228 e. The maximum absolute atomic E-state index is 12.4. The second-order valence-corrected chi connectivity index (χ2v) is 6.19. The van der Waals surface area contributed by atoms with Crippen LogP contribution in [0.1, 0.15) is 27.8 Å². The van der Waals surface area contributed by atoms with E-state index >= 15 is 0 Å². The van der Waals surface area contributed by atoms with Gasteiger partial charge in [0.25, 0.3) is 0 Å². The number of amides is 1. The Morgan fingerprint density at radius 2 is 1.78 bits per heavy atom. The molecule has 0 atom stereocenters. The third-order valence-corrected chi connectivity index (χ3v) is 4.36. The van der Waals surface area contributed by atoms with E-state index in [2.05, 4.69) is 18.3 Å². The molecule has 1 amide bonds. The van der Waals surface area contributed by atoms with Gasteiger partial charge in [-0.1, -0.05) is 24.3 Å². The summed E-state index contributed by atoms with van der Waals surface area (Å²) in [4.78, 5) is 12.4. The first kappa shape index (κ1) is 15.3. The molecule has 3 heteroatoms. The molecule has 0 aliphatic rings. The molecule has 0 fully saturated rings. The lowest BCUT2D eigenvalue weighted by Crippen LogP contribution is -2.15. The molecule has 0 saturated heterocycles. The second kappa shape index (κ2) is 5.92. The molecule has 0 bridgehead atoms. The molecule has 1 aromatic heterocycles. The molecule has 1 heterocycles. The van der Waals surface area contributed by atoms with E-state index in [1.807, 2.05) is 45.0 Å². The number of benzene rings is 2. The van der Waals surface area contributed by atoms with Gasteiger partial charge in [0.05, 0.1) is 12.7 Å². The maximum Gasteiger partial charge on any atom is 0.228 e. The van der Waals surface area contributed by atoms with E-state index in [1.165, 1.54) is 5.56 Å². The van der Waals surface area contributed by atoms with Crippen LogP contribution < -0.4 is 5.32 Å². The fraction of sp³-hybridized carbons (Fsp3) is 0.250. The number of rotatable bonds is 3. The average Bonchev–Trinajstić information content (AvgIpc) is 2.90. The van der Waals surface area contributed by atoms with Crippen LogP contribution in [0.25, 0.3) is 11.0 Å². The summed E-state index contributed by atoms with van der Waals surface area (Å²) in [5.41, 5.74) is 7.18. The minimum atomic E-state index is -0.0281. The first-order chi connectivity index (χ1) is 11.0. The Balaban J connectivity index is 1.83. The summed E-state index contributed by atoms with van der Waals surface area (Å²) in [5, 5.41) is 4.02. The standard InChI is InChI=1S/C20H21NO2/c1-12-5-6-14(3)18(9-12)21-19(22)10-16-11-23-20-15(4)13(2)7-8-17(16)20/h5-9,11H,10H2,1-4H3,(H,21,22). The van der Waals surface area contributed by atoms with Crippen LogP contribution in [-0.4, -0.2) is 5.91 Å². The number of furan rings is 1. The summed E-state index contributed by atoms with van der Waals surface area (Å²) < 4.78 is 5.67. The Hall–Kier alpha value is -2.55. The number of carbonyl (C=O) groups is 1. The molecule has 3 rings (SSSR count). The van der Waals surface area contributed by atoms with Gasteiger partial charge >= 0.3 is 0 Å². The van der Waals surface area contributed by atoms with E-state index in [0.29, 0.717) is 6.42 Å². The number of fused-ring (bicyclic) bond motifs is 1. The molecular formula is C20H21NO2. The van der Waals surface area contributed by atoms with Gasteiger partial charge in [0.15, 0.2) is 0 Å². The second-order valence-electron chi connectivity index (χ2n) is 6.19. The largest absolute Gasteiger partial charge is 0.464 e. The molecule has 0 spiro atoms. The Morgan fingerprint density at radius 1 is 1.04 bits per heavy atom. The number of carbonyl (C=O) groups excluding carboxylic acids is 1. The lowest BCUT2D eigenvalue weighted by Gasteiger charge is -2.09. The van der Waals surface area contributed by atoms with Gasteiger partial charge in [0.1, 0.15) is 5.58 Å². The maximum atomic E-state index is 12.4. The van der Waals surface area contributed by atoms with Crippen molar-refractivity contribution >= 4 is 22.6 Å². The van der Waals surface area contributed by atoms with Crippen LogP contribution in [0.2, 0.25) is 0 Å². The van der Waals surface area contributed by atoms with Crippen molar-refractivity contribution < 1.29 is 9.21 Å². The molecule has 0 radical (unpaired) electrons. The number of hydrogen-bond acceptors (Lipinski definition) is 2. The SMILES string of the molecule is Cc1ccc(C)c(NC(=O)Cc2coc3c(C)c(C)ccc23)c1. The summed E-state index contributed by atoms with van der Waals surface area (Å²) in [5.74, 6) is -0.0281. The molecule has 0 unspecified atom stereocenters. The third-order valence-electron chi connectivity index (χ3n) is 4.36. The van der Waals surface area contributed by atoms with E-state index in [4.69, 9.17) is 4.42 Å². The minimum Gasteiger partial charge on any atom is -0.464 e. The van der Waals surface area contributed by atoms with Crippen molar-refractivity contribution in [1.29, 1.82) is 0 Å². The highest BCUT2D eigenvalue weighted by atomic mass is 16.3. The fourth-order valence-electron chi connectivity index (χ4n) is 2.76.